The van der Waals surface area contributed by atoms with E-state index in [1.54, 1.807) is 67.6 Å². The van der Waals surface area contributed by atoms with Crippen molar-refractivity contribution in [2.45, 2.75) is 165 Å². The molecule has 1 saturated heterocycles. The molecule has 0 spiro atoms. The maximum atomic E-state index is 14.2. The monoisotopic (exact) mass is 1200 g/mol. The highest BCUT2D eigenvalue weighted by Crippen LogP contribution is 2.28. The van der Waals surface area contributed by atoms with Crippen LogP contribution in [0.2, 0.25) is 0 Å². The summed E-state index contributed by atoms with van der Waals surface area (Å²) in [5.74, 6) is -12.9. The normalized spacial score (nSPS) is 15.4. The number of imide groups is 1. The summed E-state index contributed by atoms with van der Waals surface area (Å²) in [7, 11) is 0. The quantitative estimate of drug-likeness (QED) is 0.0197. The van der Waals surface area contributed by atoms with Crippen molar-refractivity contribution < 1.29 is 92.3 Å². The van der Waals surface area contributed by atoms with Crippen molar-refractivity contribution in [1.82, 2.24) is 31.5 Å². The number of amides is 7. The van der Waals surface area contributed by atoms with E-state index in [2.05, 4.69) is 31.3 Å². The number of likely N-dealkylation sites (tertiary alicyclic amines) is 1. The van der Waals surface area contributed by atoms with Gasteiger partial charge in [0, 0.05) is 69.7 Å². The van der Waals surface area contributed by atoms with Gasteiger partial charge >= 0.3 is 29.9 Å². The molecule has 7 amide bonds. The zero-order valence-electron chi connectivity index (χ0n) is 46.9. The van der Waals surface area contributed by atoms with Crippen LogP contribution in [0, 0.1) is 11.8 Å². The molecule has 2 aromatic carbocycles. The Morgan fingerprint density at radius 3 is 1.83 bits per heavy atom. The van der Waals surface area contributed by atoms with Crippen LogP contribution in [0.4, 0.5) is 4.79 Å². The molecule has 460 valence electrons. The number of benzene rings is 2. The Bertz CT molecular complexity index is 2590. The summed E-state index contributed by atoms with van der Waals surface area (Å²) in [6.07, 6.45) is 0.183. The Kier molecular flexibility index (Phi) is 31.7. The number of ether oxygens (including phenoxy) is 1. The van der Waals surface area contributed by atoms with E-state index in [4.69, 9.17) is 10.8 Å². The molecule has 27 heteroatoms. The third-order valence-corrected chi connectivity index (χ3v) is 14.9. The second kappa shape index (κ2) is 37.9. The Labute approximate surface area is 489 Å². The number of urea groups is 1. The van der Waals surface area contributed by atoms with Crippen molar-refractivity contribution >= 4 is 95.0 Å². The lowest BCUT2D eigenvalue weighted by atomic mass is 9.89. The van der Waals surface area contributed by atoms with Gasteiger partial charge in [-0.15, -0.1) is 11.8 Å². The van der Waals surface area contributed by atoms with E-state index in [0.29, 0.717) is 37.7 Å². The van der Waals surface area contributed by atoms with Gasteiger partial charge in [-0.3, -0.25) is 62.4 Å². The number of rotatable bonds is 44. The molecule has 26 nitrogen and oxygen atoms in total. The second-order valence-corrected chi connectivity index (χ2v) is 21.6. The molecule has 11 N–H and O–H groups in total. The number of unbranched alkanes of at least 4 members (excludes halogenated alkanes) is 5. The van der Waals surface area contributed by atoms with Crippen LogP contribution in [-0.2, 0) is 79.9 Å². The van der Waals surface area contributed by atoms with Gasteiger partial charge in [0.15, 0.2) is 17.8 Å². The van der Waals surface area contributed by atoms with Crippen molar-refractivity contribution in [3.63, 3.8) is 0 Å². The SMILES string of the molecule is CCCN1C(=O)CC(SC[C@H](CC(=O)[C@H](CC(=O)O)NC(=O)[C@@H](N)CNC(=O)[C@@H](CC(=O)[C@H](Cc2ccccc2)NC(=O)CCCCCCCCC(=O)CC[C@H](NC(=O)N[C@@H](CCC(=O)O)OC=O)C(=O)O)Cc2ccccc2)C(=O)O)C1=O. The number of ketones is 3. The molecule has 1 fully saturated rings. The highest BCUT2D eigenvalue weighted by molar-refractivity contribution is 8.00. The lowest BCUT2D eigenvalue weighted by Gasteiger charge is -2.23. The molecule has 0 aromatic heterocycles. The fourth-order valence-electron chi connectivity index (χ4n) is 8.97. The van der Waals surface area contributed by atoms with E-state index >= 15 is 0 Å². The number of nitrogens with one attached hydrogen (secondary N) is 5. The van der Waals surface area contributed by atoms with E-state index in [1.165, 1.54) is 0 Å². The second-order valence-electron chi connectivity index (χ2n) is 20.4. The van der Waals surface area contributed by atoms with E-state index in [-0.39, 0.29) is 82.3 Å². The molecule has 0 aliphatic carbocycles. The minimum atomic E-state index is -1.72. The number of thioether (sulfide) groups is 1. The lowest BCUT2D eigenvalue weighted by Crippen LogP contribution is -2.53. The van der Waals surface area contributed by atoms with Gasteiger partial charge in [-0.1, -0.05) is 93.3 Å². The third-order valence-electron chi connectivity index (χ3n) is 13.6. The minimum Gasteiger partial charge on any atom is -0.481 e. The fourth-order valence-corrected chi connectivity index (χ4v) is 10.2. The number of carbonyl (C=O) groups is 14. The van der Waals surface area contributed by atoms with E-state index in [1.807, 2.05) is 0 Å². The zero-order valence-corrected chi connectivity index (χ0v) is 47.7. The summed E-state index contributed by atoms with van der Waals surface area (Å²) >= 11 is 0.895. The predicted octanol–water partition coefficient (Wildman–Crippen LogP) is 2.45. The van der Waals surface area contributed by atoms with Gasteiger partial charge in [0.25, 0.3) is 6.47 Å². The fraction of sp³-hybridized carbons (Fsp3) is 0.544. The molecule has 2 aromatic rings. The highest BCUT2D eigenvalue weighted by atomic mass is 32.2. The van der Waals surface area contributed by atoms with Crippen LogP contribution < -0.4 is 32.3 Å². The summed E-state index contributed by atoms with van der Waals surface area (Å²) < 4.78 is 4.63. The topological polar surface area (TPSA) is 419 Å². The predicted molar refractivity (Wildman–Crippen MR) is 301 cm³/mol. The van der Waals surface area contributed by atoms with Crippen molar-refractivity contribution in [3.8, 4) is 0 Å². The number of carbonyl (C=O) groups excluding carboxylic acids is 10. The first-order chi connectivity index (χ1) is 40.0. The molecular weight excluding hydrogens is 1120 g/mol. The molecule has 1 unspecified atom stereocenters. The molecule has 0 bridgehead atoms. The molecule has 1 aliphatic rings. The van der Waals surface area contributed by atoms with Gasteiger partial charge in [-0.05, 0) is 49.7 Å². The van der Waals surface area contributed by atoms with Crippen LogP contribution in [0.3, 0.4) is 0 Å². The molecule has 3 rings (SSSR count). The molecule has 0 saturated carbocycles. The standard InChI is InChI=1S/C57H77N7O19S/c1-2-25-64-49(70)31-46(54(64)77)84-33-38(55(78)79)29-45(68)43(30-51(73)74)61-53(76)40(58)32-59-52(75)37(26-35-15-9-7-10-16-35)28-44(67)42(27-36-17-11-8-12-18-36)60-47(69)20-14-6-4-3-5-13-19-39(66)21-22-41(56(80)81)62-57(82)63-48(83-34-65)23-24-50(71)72/h7-12,15-18,34,37-38,40-43,46,48H,2-6,13-14,19-33,58H2,1H3,(H,59,75)(H,60,69)(H,61,76)(H,71,72)(H,73,74)(H,78,79)(H,80,81)(H2,62,63,82)/t37-,38+,40+,41+,42+,43+,46?,48-/m1/s1. The smallest absolute Gasteiger partial charge is 0.326 e. The first kappa shape index (κ1) is 70.2. The first-order valence-corrected chi connectivity index (χ1v) is 28.9. The summed E-state index contributed by atoms with van der Waals surface area (Å²) in [5.41, 5.74) is 7.57. The Morgan fingerprint density at radius 2 is 1.25 bits per heavy atom. The van der Waals surface area contributed by atoms with Crippen molar-refractivity contribution in [3.05, 3.63) is 71.8 Å². The van der Waals surface area contributed by atoms with Gasteiger partial charge in [-0.2, -0.15) is 0 Å². The van der Waals surface area contributed by atoms with E-state index in [0.717, 1.165) is 35.1 Å². The van der Waals surface area contributed by atoms with Crippen molar-refractivity contribution in [1.29, 1.82) is 0 Å². The van der Waals surface area contributed by atoms with Crippen molar-refractivity contribution in [2.75, 3.05) is 18.8 Å². The van der Waals surface area contributed by atoms with E-state index < -0.39 is 144 Å². The average molecular weight is 1200 g/mol. The summed E-state index contributed by atoms with van der Waals surface area (Å²) in [5, 5.41) is 49.1. The number of aliphatic carboxylic acids is 4. The number of nitrogens with zero attached hydrogens (tertiary/aromatic N) is 1. The first-order valence-electron chi connectivity index (χ1n) is 27.8. The van der Waals surface area contributed by atoms with Gasteiger partial charge in [0.05, 0.1) is 36.1 Å². The number of hydrogen-bond acceptors (Lipinski definition) is 17. The molecule has 1 aliphatic heterocycles. The Morgan fingerprint density at radius 1 is 0.655 bits per heavy atom. The number of carboxylic acids is 4. The van der Waals surface area contributed by atoms with Crippen LogP contribution in [0.25, 0.3) is 0 Å². The molecule has 8 atom stereocenters. The number of nitrogens with two attached hydrogens (primary N) is 1. The van der Waals surface area contributed by atoms with E-state index in [9.17, 15) is 82.4 Å². The van der Waals surface area contributed by atoms with Crippen LogP contribution in [0.15, 0.2) is 60.7 Å². The molecular formula is C57H77N7O19S. The maximum absolute atomic E-state index is 14.2. The molecule has 0 radical (unpaired) electrons. The van der Waals surface area contributed by atoms with Crippen LogP contribution >= 0.6 is 11.8 Å². The molecule has 1 heterocycles. The highest BCUT2D eigenvalue weighted by Gasteiger charge is 2.40. The molecule has 84 heavy (non-hydrogen) atoms. The Hall–Kier alpha value is -8.07. The summed E-state index contributed by atoms with van der Waals surface area (Å²) in [6, 6.07) is 10.9. The number of carboxylic acid groups (broad SMARTS) is 4. The third kappa shape index (κ3) is 26.9. The zero-order chi connectivity index (χ0) is 62.1. The van der Waals surface area contributed by atoms with Crippen LogP contribution in [-0.4, -0.2) is 163 Å². The van der Waals surface area contributed by atoms with Gasteiger partial charge in [0.2, 0.25) is 29.5 Å². The Balaban J connectivity index is 1.54. The van der Waals surface area contributed by atoms with Gasteiger partial charge in [0.1, 0.15) is 17.9 Å². The lowest BCUT2D eigenvalue weighted by molar-refractivity contribution is -0.144. The van der Waals surface area contributed by atoms with Crippen molar-refractivity contribution in [2.24, 2.45) is 17.6 Å². The van der Waals surface area contributed by atoms with Crippen LogP contribution in [0.1, 0.15) is 127 Å². The minimum absolute atomic E-state index is 0.0101. The van der Waals surface area contributed by atoms with Gasteiger partial charge < -0.3 is 57.5 Å². The summed E-state index contributed by atoms with van der Waals surface area (Å²) in [6.45, 7) is 1.48. The largest absolute Gasteiger partial charge is 0.481 e. The van der Waals surface area contributed by atoms with Gasteiger partial charge in [-0.25, -0.2) is 9.59 Å². The number of Topliss-reactive ketones (excluding diaryl/α,β-unsaturated/α-hetero) is 3. The average Bonchev–Trinajstić information content (AvgIpc) is 3.78. The number of hydrogen-bond donors (Lipinski definition) is 10. The van der Waals surface area contributed by atoms with Crippen LogP contribution in [0.5, 0.6) is 0 Å². The summed E-state index contributed by atoms with van der Waals surface area (Å²) in [4.78, 5) is 177. The maximum Gasteiger partial charge on any atom is 0.326 e.